The Kier molecular flexibility index (Phi) is 7.00. The third-order valence-electron chi connectivity index (χ3n) is 6.61. The van der Waals surface area contributed by atoms with Crippen LogP contribution in [0.1, 0.15) is 38.2 Å². The Morgan fingerprint density at radius 2 is 1.76 bits per heavy atom. The van der Waals surface area contributed by atoms with E-state index in [1.165, 1.54) is 12.1 Å². The number of anilines is 2. The van der Waals surface area contributed by atoms with Crippen LogP contribution in [0.5, 0.6) is 0 Å². The summed E-state index contributed by atoms with van der Waals surface area (Å²) in [6.07, 6.45) is 5.07. The monoisotopic (exact) mass is 484 g/mol. The summed E-state index contributed by atoms with van der Waals surface area (Å²) in [5, 5.41) is 20.9. The molecule has 1 aromatic heterocycles. The summed E-state index contributed by atoms with van der Waals surface area (Å²) in [6.45, 7) is 4.31. The first-order chi connectivity index (χ1) is 16.3. The molecule has 2 fully saturated rings. The summed E-state index contributed by atoms with van der Waals surface area (Å²) in [4.78, 5) is 19.5. The molecule has 0 spiro atoms. The van der Waals surface area contributed by atoms with Crippen LogP contribution in [-0.4, -0.2) is 50.5 Å². The predicted molar refractivity (Wildman–Crippen MR) is 128 cm³/mol. The van der Waals surface area contributed by atoms with Crippen molar-refractivity contribution >= 4 is 27.2 Å². The molecule has 1 saturated carbocycles. The van der Waals surface area contributed by atoms with Gasteiger partial charge < -0.3 is 9.80 Å². The highest BCUT2D eigenvalue weighted by molar-refractivity contribution is 7.89. The van der Waals surface area contributed by atoms with E-state index >= 15 is 0 Å². The van der Waals surface area contributed by atoms with E-state index in [2.05, 4.69) is 22.7 Å². The molecular weight excluding hydrogens is 456 g/mol. The van der Waals surface area contributed by atoms with Gasteiger partial charge in [-0.3, -0.25) is 10.1 Å². The predicted octanol–water partition coefficient (Wildman–Crippen LogP) is 3.05. The number of hydrogen-bond donors (Lipinski definition) is 1. The van der Waals surface area contributed by atoms with E-state index in [0.717, 1.165) is 31.7 Å². The van der Waals surface area contributed by atoms with Gasteiger partial charge in [0, 0.05) is 44.5 Å². The van der Waals surface area contributed by atoms with Crippen molar-refractivity contribution in [2.24, 2.45) is 5.92 Å². The highest BCUT2D eigenvalue weighted by atomic mass is 32.2. The van der Waals surface area contributed by atoms with Crippen LogP contribution in [0.3, 0.4) is 0 Å². The Balaban J connectivity index is 1.49. The van der Waals surface area contributed by atoms with E-state index in [1.807, 2.05) is 9.80 Å². The van der Waals surface area contributed by atoms with Crippen molar-refractivity contribution in [3.8, 4) is 6.07 Å². The molecule has 0 bridgehead atoms. The lowest BCUT2D eigenvalue weighted by Gasteiger charge is -2.36. The van der Waals surface area contributed by atoms with Gasteiger partial charge in [-0.15, -0.1) is 0 Å². The van der Waals surface area contributed by atoms with Crippen molar-refractivity contribution in [1.82, 2.24) is 9.71 Å². The zero-order chi connectivity index (χ0) is 24.3. The van der Waals surface area contributed by atoms with Gasteiger partial charge in [0.25, 0.3) is 5.69 Å². The Hall–Kier alpha value is -3.23. The molecule has 1 saturated heterocycles. The molecule has 2 heterocycles. The second kappa shape index (κ2) is 9.95. The van der Waals surface area contributed by atoms with Crippen molar-refractivity contribution in [2.45, 2.75) is 43.5 Å². The third-order valence-corrected chi connectivity index (χ3v) is 8.13. The van der Waals surface area contributed by atoms with Crippen molar-refractivity contribution in [3.63, 3.8) is 0 Å². The number of nitro benzene ring substituents is 1. The lowest BCUT2D eigenvalue weighted by atomic mass is 9.88. The van der Waals surface area contributed by atoms with Crippen LogP contribution in [0.15, 0.2) is 41.4 Å². The van der Waals surface area contributed by atoms with Crippen molar-refractivity contribution in [2.75, 3.05) is 36.0 Å². The molecule has 34 heavy (non-hydrogen) atoms. The van der Waals surface area contributed by atoms with Crippen LogP contribution >= 0.6 is 0 Å². The van der Waals surface area contributed by atoms with Gasteiger partial charge in [-0.2, -0.15) is 5.26 Å². The Morgan fingerprint density at radius 1 is 1.09 bits per heavy atom. The molecule has 1 aliphatic carbocycles. The van der Waals surface area contributed by atoms with E-state index < -0.39 is 14.9 Å². The number of aromatic nitrogens is 1. The first-order valence-corrected chi connectivity index (χ1v) is 12.9. The van der Waals surface area contributed by atoms with Gasteiger partial charge in [0.1, 0.15) is 11.5 Å². The maximum absolute atomic E-state index is 12.9. The van der Waals surface area contributed by atoms with Gasteiger partial charge in [-0.05, 0) is 55.9 Å². The van der Waals surface area contributed by atoms with Gasteiger partial charge in [0.05, 0.1) is 21.5 Å². The van der Waals surface area contributed by atoms with Gasteiger partial charge >= 0.3 is 0 Å². The van der Waals surface area contributed by atoms with Crippen LogP contribution in [0.25, 0.3) is 0 Å². The molecular formula is C23H28N6O4S. The van der Waals surface area contributed by atoms with Crippen LogP contribution < -0.4 is 14.5 Å². The second-order valence-electron chi connectivity index (χ2n) is 8.97. The first kappa shape index (κ1) is 23.9. The molecule has 2 aromatic rings. The van der Waals surface area contributed by atoms with Crippen LogP contribution in [-0.2, 0) is 10.0 Å². The van der Waals surface area contributed by atoms with E-state index in [0.29, 0.717) is 49.2 Å². The van der Waals surface area contributed by atoms with Gasteiger partial charge in [0.2, 0.25) is 10.0 Å². The lowest BCUT2D eigenvalue weighted by molar-refractivity contribution is -0.384. The van der Waals surface area contributed by atoms with Crippen LogP contribution in [0.2, 0.25) is 0 Å². The summed E-state index contributed by atoms with van der Waals surface area (Å²) in [6, 6.07) is 9.46. The summed E-state index contributed by atoms with van der Waals surface area (Å²) < 4.78 is 28.6. The molecule has 0 atom stereocenters. The van der Waals surface area contributed by atoms with E-state index in [4.69, 9.17) is 5.26 Å². The topological polar surface area (TPSA) is 132 Å². The molecule has 1 aliphatic heterocycles. The second-order valence-corrected chi connectivity index (χ2v) is 10.7. The molecule has 1 aromatic carbocycles. The molecule has 1 N–H and O–H groups in total. The van der Waals surface area contributed by atoms with Crippen LogP contribution in [0.4, 0.5) is 17.2 Å². The minimum absolute atomic E-state index is 0.0854. The number of sulfonamides is 1. The van der Waals surface area contributed by atoms with Crippen LogP contribution in [0, 0.1) is 27.4 Å². The summed E-state index contributed by atoms with van der Waals surface area (Å²) in [5.74, 6) is 1.28. The van der Waals surface area contributed by atoms with Crippen molar-refractivity contribution in [1.29, 1.82) is 5.26 Å². The van der Waals surface area contributed by atoms with E-state index in [9.17, 15) is 18.5 Å². The molecule has 0 radical (unpaired) electrons. The molecule has 0 amide bonds. The molecule has 180 valence electrons. The zero-order valence-electron chi connectivity index (χ0n) is 19.1. The minimum Gasteiger partial charge on any atom is -0.362 e. The lowest BCUT2D eigenvalue weighted by Crippen LogP contribution is -2.47. The van der Waals surface area contributed by atoms with E-state index in [1.54, 1.807) is 18.3 Å². The fourth-order valence-electron chi connectivity index (χ4n) is 4.59. The number of piperazine rings is 1. The molecule has 0 unspecified atom stereocenters. The number of benzene rings is 1. The standard InChI is InChI=1S/C23H28N6O4S/c1-17-2-4-19(5-3-17)26-34(32,33)20-6-7-21(22(15-20)29(30)31)27-10-12-28(13-11-27)23-14-18(16-24)8-9-25-23/h6-9,14-15,17,19,26H,2-5,10-13H2,1H3. The summed E-state index contributed by atoms with van der Waals surface area (Å²) >= 11 is 0. The third kappa shape index (κ3) is 5.29. The van der Waals surface area contributed by atoms with Crippen molar-refractivity contribution in [3.05, 3.63) is 52.2 Å². The fraction of sp³-hybridized carbons (Fsp3) is 0.478. The van der Waals surface area contributed by atoms with Crippen molar-refractivity contribution < 1.29 is 13.3 Å². The Morgan fingerprint density at radius 3 is 2.41 bits per heavy atom. The minimum atomic E-state index is -3.85. The molecule has 2 aliphatic rings. The number of rotatable bonds is 6. The van der Waals surface area contributed by atoms with Gasteiger partial charge in [-0.1, -0.05) is 6.92 Å². The van der Waals surface area contributed by atoms with Gasteiger partial charge in [-0.25, -0.2) is 18.1 Å². The quantitative estimate of drug-likeness (QED) is 0.489. The fourth-order valence-corrected chi connectivity index (χ4v) is 5.91. The molecule has 11 heteroatoms. The van der Waals surface area contributed by atoms with Gasteiger partial charge in [0.15, 0.2) is 0 Å². The highest BCUT2D eigenvalue weighted by Crippen LogP contribution is 2.32. The molecule has 4 rings (SSSR count). The SMILES string of the molecule is CC1CCC(NS(=O)(=O)c2ccc(N3CCN(c4cc(C#N)ccn4)CC3)c([N+](=O)[O-])c2)CC1. The normalized spacial score (nSPS) is 21.2. The Labute approximate surface area is 199 Å². The number of nitrogens with one attached hydrogen (secondary N) is 1. The average molecular weight is 485 g/mol. The smallest absolute Gasteiger partial charge is 0.293 e. The average Bonchev–Trinajstić information content (AvgIpc) is 2.85. The number of nitrogens with zero attached hydrogens (tertiary/aromatic N) is 5. The highest BCUT2D eigenvalue weighted by Gasteiger charge is 2.29. The maximum Gasteiger partial charge on any atom is 0.293 e. The number of pyridine rings is 1. The van der Waals surface area contributed by atoms with E-state index in [-0.39, 0.29) is 16.6 Å². The first-order valence-electron chi connectivity index (χ1n) is 11.4. The largest absolute Gasteiger partial charge is 0.362 e. The zero-order valence-corrected chi connectivity index (χ0v) is 19.9. The number of nitriles is 1. The maximum atomic E-state index is 12.9. The molecule has 10 nitrogen and oxygen atoms in total. The number of hydrogen-bond acceptors (Lipinski definition) is 8. The Bertz CT molecular complexity index is 1200. The number of nitro groups is 1. The summed E-state index contributed by atoms with van der Waals surface area (Å²) in [5.41, 5.74) is 0.697. The summed E-state index contributed by atoms with van der Waals surface area (Å²) in [7, 11) is -3.85.